The minimum absolute atomic E-state index is 0.244. The molecule has 0 atom stereocenters. The second-order valence-corrected chi connectivity index (χ2v) is 3.80. The van der Waals surface area contributed by atoms with Gasteiger partial charge < -0.3 is 15.5 Å². The molecule has 0 spiro atoms. The molecule has 1 rings (SSSR count). The first-order valence-electron chi connectivity index (χ1n) is 5.81. The van der Waals surface area contributed by atoms with E-state index in [0.717, 1.165) is 6.07 Å². The van der Waals surface area contributed by atoms with E-state index in [-0.39, 0.29) is 11.8 Å². The molecular formula is C12H10N4O7. The molecule has 1 aromatic heterocycles. The van der Waals surface area contributed by atoms with Gasteiger partial charge in [-0.3, -0.25) is 24.7 Å². The zero-order valence-electron chi connectivity index (χ0n) is 11.3. The van der Waals surface area contributed by atoms with Crippen molar-refractivity contribution in [1.29, 1.82) is 0 Å². The second-order valence-electron chi connectivity index (χ2n) is 3.80. The summed E-state index contributed by atoms with van der Waals surface area (Å²) >= 11 is 0. The highest BCUT2D eigenvalue weighted by Crippen LogP contribution is 2.03. The average molecular weight is 322 g/mol. The molecule has 0 aliphatic carbocycles. The molecule has 1 heterocycles. The fourth-order valence-corrected chi connectivity index (χ4v) is 1.20. The van der Waals surface area contributed by atoms with E-state index >= 15 is 0 Å². The zero-order valence-corrected chi connectivity index (χ0v) is 11.3. The molecule has 1 aromatic rings. The summed E-state index contributed by atoms with van der Waals surface area (Å²) in [6, 6.07) is 0.898. The molecule has 11 heteroatoms. The number of rotatable bonds is 6. The number of carbonyl (C=O) groups excluding carboxylic acids is 2. The summed E-state index contributed by atoms with van der Waals surface area (Å²) in [4.78, 5) is 60.5. The fraction of sp³-hybridized carbons (Fsp3) is 0. The van der Waals surface area contributed by atoms with Gasteiger partial charge in [-0.25, -0.2) is 9.59 Å². The molecule has 0 fully saturated rings. The number of amides is 2. The van der Waals surface area contributed by atoms with Crippen molar-refractivity contribution < 1.29 is 29.4 Å². The van der Waals surface area contributed by atoms with E-state index in [1.165, 1.54) is 0 Å². The SMILES string of the molecule is O=C(O)/C=C\C(=O)Nc1nc(NC(=O)/C=C/C(=O)O)cc(=O)[nH]1. The summed E-state index contributed by atoms with van der Waals surface area (Å²) < 4.78 is 0. The number of H-pyrrole nitrogens is 1. The Morgan fingerprint density at radius 1 is 0.957 bits per heavy atom. The predicted octanol–water partition coefficient (Wildman–Crippen LogP) is -1.07. The maximum Gasteiger partial charge on any atom is 0.328 e. The fourth-order valence-electron chi connectivity index (χ4n) is 1.20. The van der Waals surface area contributed by atoms with Crippen molar-refractivity contribution in [3.05, 3.63) is 40.7 Å². The summed E-state index contributed by atoms with van der Waals surface area (Å²) in [6.45, 7) is 0. The first-order chi connectivity index (χ1) is 10.8. The van der Waals surface area contributed by atoms with Gasteiger partial charge in [-0.05, 0) is 0 Å². The Bertz CT molecular complexity index is 704. The smallest absolute Gasteiger partial charge is 0.328 e. The maximum atomic E-state index is 11.4. The molecule has 0 saturated heterocycles. The lowest BCUT2D eigenvalue weighted by Crippen LogP contribution is -2.19. The normalized spacial score (nSPS) is 10.6. The number of nitrogens with one attached hydrogen (secondary N) is 3. The van der Waals surface area contributed by atoms with Crippen LogP contribution in [0, 0.1) is 0 Å². The highest BCUT2D eigenvalue weighted by atomic mass is 16.4. The van der Waals surface area contributed by atoms with Crippen LogP contribution in [-0.4, -0.2) is 43.9 Å². The largest absolute Gasteiger partial charge is 0.478 e. The molecule has 0 unspecified atom stereocenters. The van der Waals surface area contributed by atoms with Crippen molar-refractivity contribution in [3.63, 3.8) is 0 Å². The van der Waals surface area contributed by atoms with E-state index in [0.29, 0.717) is 24.3 Å². The van der Waals surface area contributed by atoms with Gasteiger partial charge in [0.2, 0.25) is 11.9 Å². The van der Waals surface area contributed by atoms with Crippen LogP contribution in [0.3, 0.4) is 0 Å². The van der Waals surface area contributed by atoms with Gasteiger partial charge in [0.25, 0.3) is 11.5 Å². The third-order valence-electron chi connectivity index (χ3n) is 1.99. The van der Waals surface area contributed by atoms with Gasteiger partial charge >= 0.3 is 11.9 Å². The molecule has 120 valence electrons. The minimum Gasteiger partial charge on any atom is -0.478 e. The van der Waals surface area contributed by atoms with Crippen molar-refractivity contribution in [2.24, 2.45) is 0 Å². The standard InChI is InChI=1S/C12H10N4O7/c17-7(1-3-10(20)21)13-6-5-9(19)16-12(14-6)15-8(18)2-4-11(22)23/h1-5H,(H,20,21)(H,22,23)(H3,13,14,15,16,17,18,19)/b3-1+,4-2-. The zero-order chi connectivity index (χ0) is 17.4. The van der Waals surface area contributed by atoms with E-state index in [1.807, 2.05) is 0 Å². The summed E-state index contributed by atoms with van der Waals surface area (Å²) in [6.07, 6.45) is 2.57. The highest BCUT2D eigenvalue weighted by Gasteiger charge is 2.06. The van der Waals surface area contributed by atoms with Crippen molar-refractivity contribution in [1.82, 2.24) is 9.97 Å². The van der Waals surface area contributed by atoms with Crippen LogP contribution in [0.2, 0.25) is 0 Å². The number of carboxylic acids is 2. The van der Waals surface area contributed by atoms with Crippen LogP contribution in [0.1, 0.15) is 0 Å². The van der Waals surface area contributed by atoms with Crippen LogP contribution in [0.15, 0.2) is 35.2 Å². The van der Waals surface area contributed by atoms with Gasteiger partial charge in [-0.15, -0.1) is 0 Å². The van der Waals surface area contributed by atoms with E-state index < -0.39 is 29.3 Å². The van der Waals surface area contributed by atoms with Crippen molar-refractivity contribution in [2.75, 3.05) is 10.6 Å². The Kier molecular flexibility index (Phi) is 5.92. The molecule has 0 aromatic carbocycles. The topological polar surface area (TPSA) is 179 Å². The molecular weight excluding hydrogens is 312 g/mol. The summed E-state index contributed by atoms with van der Waals surface area (Å²) in [7, 11) is 0. The van der Waals surface area contributed by atoms with Crippen LogP contribution >= 0.6 is 0 Å². The third-order valence-corrected chi connectivity index (χ3v) is 1.99. The Balaban J connectivity index is 2.85. The van der Waals surface area contributed by atoms with Gasteiger partial charge in [0.1, 0.15) is 5.82 Å². The predicted molar refractivity (Wildman–Crippen MR) is 75.7 cm³/mol. The van der Waals surface area contributed by atoms with Gasteiger partial charge in [-0.1, -0.05) is 0 Å². The molecule has 2 amide bonds. The monoisotopic (exact) mass is 322 g/mol. The van der Waals surface area contributed by atoms with Gasteiger partial charge in [0, 0.05) is 30.4 Å². The quantitative estimate of drug-likeness (QED) is 0.410. The summed E-state index contributed by atoms with van der Waals surface area (Å²) in [5.74, 6) is -4.98. The lowest BCUT2D eigenvalue weighted by Gasteiger charge is -2.04. The molecule has 0 saturated carbocycles. The summed E-state index contributed by atoms with van der Waals surface area (Å²) in [5, 5.41) is 20.9. The van der Waals surface area contributed by atoms with Crippen LogP contribution in [0.5, 0.6) is 0 Å². The minimum atomic E-state index is -1.34. The number of aliphatic carboxylic acids is 2. The van der Waals surface area contributed by atoms with E-state index in [9.17, 15) is 24.0 Å². The Labute approximate surface area is 127 Å². The molecule has 23 heavy (non-hydrogen) atoms. The van der Waals surface area contributed by atoms with Crippen molar-refractivity contribution in [2.45, 2.75) is 0 Å². The molecule has 0 radical (unpaired) electrons. The molecule has 5 N–H and O–H groups in total. The number of anilines is 2. The number of nitrogens with zero attached hydrogens (tertiary/aromatic N) is 1. The first-order valence-corrected chi connectivity index (χ1v) is 5.81. The number of hydrogen-bond donors (Lipinski definition) is 5. The number of carboxylic acid groups (broad SMARTS) is 2. The number of carbonyl (C=O) groups is 4. The van der Waals surface area contributed by atoms with Crippen molar-refractivity contribution in [3.8, 4) is 0 Å². The Hall–Kier alpha value is -3.76. The Morgan fingerprint density at radius 2 is 1.48 bits per heavy atom. The van der Waals surface area contributed by atoms with E-state index in [1.54, 1.807) is 0 Å². The number of hydrogen-bond acceptors (Lipinski definition) is 6. The first kappa shape index (κ1) is 17.3. The lowest BCUT2D eigenvalue weighted by atomic mass is 10.4. The van der Waals surface area contributed by atoms with Gasteiger partial charge in [-0.2, -0.15) is 4.98 Å². The van der Waals surface area contributed by atoms with Gasteiger partial charge in [0.05, 0.1) is 0 Å². The molecule has 0 bridgehead atoms. The van der Waals surface area contributed by atoms with E-state index in [2.05, 4.69) is 20.6 Å². The number of aromatic amines is 1. The van der Waals surface area contributed by atoms with E-state index in [4.69, 9.17) is 10.2 Å². The van der Waals surface area contributed by atoms with Gasteiger partial charge in [0.15, 0.2) is 0 Å². The second kappa shape index (κ2) is 7.87. The molecule has 0 aliphatic heterocycles. The van der Waals surface area contributed by atoms with Crippen LogP contribution in [0.4, 0.5) is 11.8 Å². The third kappa shape index (κ3) is 6.99. The summed E-state index contributed by atoms with van der Waals surface area (Å²) in [5.41, 5.74) is -0.713. The maximum absolute atomic E-state index is 11.4. The average Bonchev–Trinajstić information content (AvgIpc) is 2.42. The van der Waals surface area contributed by atoms with Crippen LogP contribution < -0.4 is 16.2 Å². The molecule has 11 nitrogen and oxygen atoms in total. The van der Waals surface area contributed by atoms with Crippen LogP contribution in [0.25, 0.3) is 0 Å². The highest BCUT2D eigenvalue weighted by molar-refractivity contribution is 6.03. The Morgan fingerprint density at radius 3 is 2.00 bits per heavy atom. The van der Waals surface area contributed by atoms with Crippen molar-refractivity contribution >= 4 is 35.5 Å². The lowest BCUT2D eigenvalue weighted by molar-refractivity contribution is -0.132. The molecule has 0 aliphatic rings. The van der Waals surface area contributed by atoms with Crippen LogP contribution in [-0.2, 0) is 19.2 Å². The number of aromatic nitrogens is 2.